The van der Waals surface area contributed by atoms with Crippen LogP contribution in [0.3, 0.4) is 0 Å². The number of rotatable bonds is 8. The van der Waals surface area contributed by atoms with Gasteiger partial charge in [-0.1, -0.05) is 17.7 Å². The molecule has 8 nitrogen and oxygen atoms in total. The van der Waals surface area contributed by atoms with Crippen molar-refractivity contribution in [2.24, 2.45) is 0 Å². The lowest BCUT2D eigenvalue weighted by Crippen LogP contribution is -2.40. The first-order valence-electron chi connectivity index (χ1n) is 6.49. The average molecular weight is 330 g/mol. The SMILES string of the molecule is Cc1ccc(S(=O)(=O)N(CCCC(=O)O)CC(=O)NO)cc1. The highest BCUT2D eigenvalue weighted by molar-refractivity contribution is 7.89. The Hall–Kier alpha value is -1.97. The summed E-state index contributed by atoms with van der Waals surface area (Å²) in [6.07, 6.45) is -0.167. The van der Waals surface area contributed by atoms with Crippen molar-refractivity contribution in [3.05, 3.63) is 29.8 Å². The first-order chi connectivity index (χ1) is 10.3. The fourth-order valence-electron chi connectivity index (χ4n) is 1.75. The molecule has 1 rings (SSSR count). The number of aliphatic carboxylic acids is 1. The van der Waals surface area contributed by atoms with Gasteiger partial charge in [-0.15, -0.1) is 0 Å². The number of carbonyl (C=O) groups is 2. The van der Waals surface area contributed by atoms with Gasteiger partial charge in [-0.25, -0.2) is 13.9 Å². The summed E-state index contributed by atoms with van der Waals surface area (Å²) in [5.41, 5.74) is 2.25. The van der Waals surface area contributed by atoms with E-state index >= 15 is 0 Å². The van der Waals surface area contributed by atoms with Crippen LogP contribution < -0.4 is 5.48 Å². The second-order valence-corrected chi connectivity index (χ2v) is 6.62. The average Bonchev–Trinajstić information content (AvgIpc) is 2.46. The Morgan fingerprint density at radius 2 is 1.82 bits per heavy atom. The molecule has 0 aliphatic carbocycles. The smallest absolute Gasteiger partial charge is 0.303 e. The highest BCUT2D eigenvalue weighted by Gasteiger charge is 2.26. The van der Waals surface area contributed by atoms with Crippen LogP contribution in [0.15, 0.2) is 29.2 Å². The number of carboxylic acids is 1. The first kappa shape index (κ1) is 18.1. The second-order valence-electron chi connectivity index (χ2n) is 4.68. The molecule has 0 heterocycles. The second kappa shape index (κ2) is 7.87. The summed E-state index contributed by atoms with van der Waals surface area (Å²) >= 11 is 0. The van der Waals surface area contributed by atoms with Gasteiger partial charge in [0.25, 0.3) is 5.91 Å². The fourth-order valence-corrected chi connectivity index (χ4v) is 3.18. The summed E-state index contributed by atoms with van der Waals surface area (Å²) in [5.74, 6) is -1.95. The molecule has 9 heteroatoms. The molecule has 0 aliphatic rings. The van der Waals surface area contributed by atoms with E-state index < -0.39 is 28.4 Å². The normalized spacial score (nSPS) is 11.4. The minimum atomic E-state index is -3.95. The Morgan fingerprint density at radius 1 is 1.23 bits per heavy atom. The lowest BCUT2D eigenvalue weighted by molar-refractivity contribution is -0.137. The Balaban J connectivity index is 2.98. The van der Waals surface area contributed by atoms with Crippen molar-refractivity contribution in [1.82, 2.24) is 9.79 Å². The number of hydrogen-bond acceptors (Lipinski definition) is 5. The monoisotopic (exact) mass is 330 g/mol. The van der Waals surface area contributed by atoms with Crippen LogP contribution in [-0.4, -0.2) is 48.0 Å². The van der Waals surface area contributed by atoms with Crippen LogP contribution in [0.5, 0.6) is 0 Å². The Bertz CT molecular complexity index is 626. The van der Waals surface area contributed by atoms with E-state index in [0.29, 0.717) is 0 Å². The van der Waals surface area contributed by atoms with E-state index in [9.17, 15) is 18.0 Å². The van der Waals surface area contributed by atoms with Gasteiger partial charge in [-0.2, -0.15) is 4.31 Å². The van der Waals surface area contributed by atoms with Crippen LogP contribution in [0.1, 0.15) is 18.4 Å². The molecule has 0 saturated heterocycles. The third-order valence-electron chi connectivity index (χ3n) is 2.90. The number of carboxylic acid groups (broad SMARTS) is 1. The third-order valence-corrected chi connectivity index (χ3v) is 4.76. The number of aryl methyl sites for hydroxylation is 1. The first-order valence-corrected chi connectivity index (χ1v) is 7.93. The van der Waals surface area contributed by atoms with Crippen LogP contribution in [-0.2, 0) is 19.6 Å². The van der Waals surface area contributed by atoms with Gasteiger partial charge < -0.3 is 5.11 Å². The predicted molar refractivity (Wildman–Crippen MR) is 76.7 cm³/mol. The Morgan fingerprint density at radius 3 is 2.32 bits per heavy atom. The molecule has 0 fully saturated rings. The van der Waals surface area contributed by atoms with E-state index in [2.05, 4.69) is 0 Å². The topological polar surface area (TPSA) is 124 Å². The number of hydroxylamine groups is 1. The van der Waals surface area contributed by atoms with E-state index in [0.717, 1.165) is 9.87 Å². The van der Waals surface area contributed by atoms with Gasteiger partial charge in [0.15, 0.2) is 0 Å². The highest BCUT2D eigenvalue weighted by Crippen LogP contribution is 2.17. The molecule has 0 saturated carbocycles. The standard InChI is InChI=1S/C13H18N2O6S/c1-10-4-6-11(7-5-10)22(20,21)15(9-12(16)14-19)8-2-3-13(17)18/h4-7,19H,2-3,8-9H2,1H3,(H,14,16)(H,17,18). The molecule has 3 N–H and O–H groups in total. The van der Waals surface area contributed by atoms with Gasteiger partial charge in [-0.3, -0.25) is 14.8 Å². The number of carbonyl (C=O) groups excluding carboxylic acids is 1. The maximum absolute atomic E-state index is 12.5. The summed E-state index contributed by atoms with van der Waals surface area (Å²) in [4.78, 5) is 21.8. The van der Waals surface area contributed by atoms with Crippen LogP contribution in [0.4, 0.5) is 0 Å². The van der Waals surface area contributed by atoms with Crippen molar-refractivity contribution in [2.45, 2.75) is 24.7 Å². The summed E-state index contributed by atoms with van der Waals surface area (Å²) in [5, 5.41) is 17.2. The molecular formula is C13H18N2O6S. The molecule has 0 radical (unpaired) electrons. The van der Waals surface area contributed by atoms with Crippen molar-refractivity contribution in [1.29, 1.82) is 0 Å². The third kappa shape index (κ3) is 5.10. The molecule has 0 aliphatic heterocycles. The number of hydrogen-bond donors (Lipinski definition) is 3. The molecule has 1 amide bonds. The van der Waals surface area contributed by atoms with Crippen molar-refractivity contribution in [3.8, 4) is 0 Å². The van der Waals surface area contributed by atoms with Crippen LogP contribution in [0, 0.1) is 6.92 Å². The zero-order chi connectivity index (χ0) is 16.8. The number of benzene rings is 1. The largest absolute Gasteiger partial charge is 0.481 e. The minimum absolute atomic E-state index is 0.000773. The number of amides is 1. The minimum Gasteiger partial charge on any atom is -0.481 e. The Kier molecular flexibility index (Phi) is 6.47. The zero-order valence-corrected chi connectivity index (χ0v) is 12.8. The maximum atomic E-state index is 12.5. The van der Waals surface area contributed by atoms with Gasteiger partial charge in [0.1, 0.15) is 0 Å². The lowest BCUT2D eigenvalue weighted by Gasteiger charge is -2.21. The molecule has 0 unspecified atom stereocenters. The van der Waals surface area contributed by atoms with E-state index in [1.807, 2.05) is 0 Å². The van der Waals surface area contributed by atoms with E-state index in [1.54, 1.807) is 19.1 Å². The van der Waals surface area contributed by atoms with Crippen LogP contribution in [0.25, 0.3) is 0 Å². The van der Waals surface area contributed by atoms with E-state index in [4.69, 9.17) is 10.3 Å². The number of nitrogens with zero attached hydrogens (tertiary/aromatic N) is 1. The van der Waals surface area contributed by atoms with Crippen LogP contribution >= 0.6 is 0 Å². The molecule has 0 bridgehead atoms. The highest BCUT2D eigenvalue weighted by atomic mass is 32.2. The molecule has 0 spiro atoms. The summed E-state index contributed by atoms with van der Waals surface area (Å²) < 4.78 is 25.8. The van der Waals surface area contributed by atoms with Crippen LogP contribution in [0.2, 0.25) is 0 Å². The van der Waals surface area contributed by atoms with Gasteiger partial charge in [-0.05, 0) is 25.5 Å². The predicted octanol–water partition coefficient (Wildman–Crippen LogP) is 0.356. The summed E-state index contributed by atoms with van der Waals surface area (Å²) in [6.45, 7) is 1.07. The number of nitrogens with one attached hydrogen (secondary N) is 1. The van der Waals surface area contributed by atoms with Crippen molar-refractivity contribution in [3.63, 3.8) is 0 Å². The molecule has 122 valence electrons. The zero-order valence-electron chi connectivity index (χ0n) is 12.0. The van der Waals surface area contributed by atoms with Gasteiger partial charge in [0.2, 0.25) is 10.0 Å². The summed E-state index contributed by atoms with van der Waals surface area (Å²) in [6, 6.07) is 6.06. The van der Waals surface area contributed by atoms with Gasteiger partial charge >= 0.3 is 5.97 Å². The van der Waals surface area contributed by atoms with E-state index in [1.165, 1.54) is 17.6 Å². The molecular weight excluding hydrogens is 312 g/mol. The van der Waals surface area contributed by atoms with Crippen molar-refractivity contribution < 1.29 is 28.3 Å². The quantitative estimate of drug-likeness (QED) is 0.467. The van der Waals surface area contributed by atoms with E-state index in [-0.39, 0.29) is 24.3 Å². The molecule has 22 heavy (non-hydrogen) atoms. The van der Waals surface area contributed by atoms with Crippen molar-refractivity contribution in [2.75, 3.05) is 13.1 Å². The molecule has 1 aromatic carbocycles. The maximum Gasteiger partial charge on any atom is 0.303 e. The fraction of sp³-hybridized carbons (Fsp3) is 0.385. The number of sulfonamides is 1. The molecule has 0 atom stereocenters. The molecule has 0 aromatic heterocycles. The molecule has 1 aromatic rings. The van der Waals surface area contributed by atoms with Crippen molar-refractivity contribution >= 4 is 21.9 Å². The van der Waals surface area contributed by atoms with Gasteiger partial charge in [0, 0.05) is 13.0 Å². The summed E-state index contributed by atoms with van der Waals surface area (Å²) in [7, 11) is -3.95. The van der Waals surface area contributed by atoms with Gasteiger partial charge in [0.05, 0.1) is 11.4 Å². The lowest BCUT2D eigenvalue weighted by atomic mass is 10.2. The Labute approximate surface area is 128 Å².